The fourth-order valence-electron chi connectivity index (χ4n) is 5.22. The van der Waals surface area contributed by atoms with Crippen molar-refractivity contribution >= 4 is 23.6 Å². The van der Waals surface area contributed by atoms with Crippen LogP contribution in [0.3, 0.4) is 0 Å². The molecule has 10 nitrogen and oxygen atoms in total. The number of hydrogen-bond acceptors (Lipinski definition) is 6. The van der Waals surface area contributed by atoms with E-state index in [4.69, 9.17) is 20.9 Å². The molecule has 3 aliphatic rings. The number of methoxy groups -OCH3 is 2. The summed E-state index contributed by atoms with van der Waals surface area (Å²) in [5.41, 5.74) is 5.10. The van der Waals surface area contributed by atoms with E-state index in [1.165, 1.54) is 30.9 Å². The third-order valence-electron chi connectivity index (χ3n) is 6.32. The lowest BCUT2D eigenvalue weighted by Gasteiger charge is -2.64. The second kappa shape index (κ2) is 5.65. The van der Waals surface area contributed by atoms with Gasteiger partial charge in [0.15, 0.2) is 0 Å². The molecule has 4 N–H and O–H groups in total. The van der Waals surface area contributed by atoms with E-state index in [9.17, 15) is 19.2 Å². The molecular formula is C17H26N4O6. The van der Waals surface area contributed by atoms with Crippen molar-refractivity contribution in [2.45, 2.75) is 68.5 Å². The monoisotopic (exact) mass is 382 g/mol. The zero-order valence-corrected chi connectivity index (χ0v) is 16.0. The van der Waals surface area contributed by atoms with Gasteiger partial charge in [0.1, 0.15) is 11.1 Å². The lowest BCUT2D eigenvalue weighted by atomic mass is 9.80. The smallest absolute Gasteiger partial charge is 0.273 e. The molecule has 3 rings (SSSR count). The molecule has 2 aliphatic carbocycles. The van der Waals surface area contributed by atoms with Gasteiger partial charge in [-0.05, 0) is 25.7 Å². The third-order valence-corrected chi connectivity index (χ3v) is 6.32. The molecule has 4 amide bonds. The van der Waals surface area contributed by atoms with Gasteiger partial charge in [-0.2, -0.15) is 0 Å². The summed E-state index contributed by atoms with van der Waals surface area (Å²) in [6.07, 6.45) is 1.30. The van der Waals surface area contributed by atoms with E-state index in [0.717, 1.165) is 0 Å². The molecule has 2 spiro atoms. The van der Waals surface area contributed by atoms with Crippen LogP contribution < -0.4 is 11.5 Å². The van der Waals surface area contributed by atoms with Gasteiger partial charge in [0.2, 0.25) is 23.3 Å². The van der Waals surface area contributed by atoms with Crippen LogP contribution in [0, 0.1) is 0 Å². The largest absolute Gasteiger partial charge is 0.365 e. The van der Waals surface area contributed by atoms with Crippen LogP contribution in [-0.4, -0.2) is 70.2 Å². The number of carbonyl (C=O) groups is 4. The number of nitrogens with two attached hydrogens (primary N) is 2. The van der Waals surface area contributed by atoms with Crippen LogP contribution in [0.25, 0.3) is 0 Å². The van der Waals surface area contributed by atoms with E-state index >= 15 is 0 Å². The molecule has 2 atom stereocenters. The van der Waals surface area contributed by atoms with Crippen molar-refractivity contribution in [2.24, 2.45) is 11.5 Å². The number of amides is 4. The number of ether oxygens (including phenoxy) is 2. The molecule has 0 aromatic heterocycles. The Labute approximate surface area is 157 Å². The fourth-order valence-corrected chi connectivity index (χ4v) is 5.22. The number of hydrogen-bond donors (Lipinski definition) is 2. The Kier molecular flexibility index (Phi) is 4.09. The number of carbonyl (C=O) groups excluding carboxylic acids is 4. The summed E-state index contributed by atoms with van der Waals surface area (Å²) in [4.78, 5) is 53.7. The molecule has 1 aliphatic heterocycles. The molecule has 27 heavy (non-hydrogen) atoms. The maximum atomic E-state index is 13.0. The zero-order chi connectivity index (χ0) is 20.4. The fraction of sp³-hybridized carbons (Fsp3) is 0.765. The molecule has 10 heteroatoms. The molecule has 0 radical (unpaired) electrons. The first-order valence-corrected chi connectivity index (χ1v) is 8.94. The minimum Gasteiger partial charge on any atom is -0.365 e. The summed E-state index contributed by atoms with van der Waals surface area (Å²) in [5, 5.41) is 0. The predicted octanol–water partition coefficient (Wildman–Crippen LogP) is -1.19. The van der Waals surface area contributed by atoms with Crippen LogP contribution in [0.15, 0.2) is 0 Å². The third kappa shape index (κ3) is 1.87. The van der Waals surface area contributed by atoms with Crippen LogP contribution in [0.5, 0.6) is 0 Å². The molecule has 1 saturated heterocycles. The van der Waals surface area contributed by atoms with E-state index in [1.807, 2.05) is 0 Å². The summed E-state index contributed by atoms with van der Waals surface area (Å²) in [6.45, 7) is 2.90. The maximum Gasteiger partial charge on any atom is 0.273 e. The van der Waals surface area contributed by atoms with Crippen molar-refractivity contribution in [3.05, 3.63) is 0 Å². The lowest BCUT2D eigenvalue weighted by molar-refractivity contribution is -0.296. The summed E-state index contributed by atoms with van der Waals surface area (Å²) in [6, 6.07) is 0. The Balaban J connectivity index is 2.42. The highest BCUT2D eigenvalue weighted by atomic mass is 16.5. The molecular weight excluding hydrogens is 356 g/mol. The van der Waals surface area contributed by atoms with Gasteiger partial charge < -0.3 is 20.9 Å². The Bertz CT molecular complexity index is 731. The van der Waals surface area contributed by atoms with Crippen molar-refractivity contribution in [2.75, 3.05) is 14.2 Å². The van der Waals surface area contributed by atoms with E-state index in [-0.39, 0.29) is 6.42 Å². The first kappa shape index (κ1) is 19.6. The van der Waals surface area contributed by atoms with E-state index < -0.39 is 46.2 Å². The van der Waals surface area contributed by atoms with Crippen LogP contribution in [0.1, 0.15) is 46.0 Å². The quantitative estimate of drug-likeness (QED) is 0.611. The van der Waals surface area contributed by atoms with Gasteiger partial charge in [0, 0.05) is 27.6 Å². The van der Waals surface area contributed by atoms with Gasteiger partial charge in [0.25, 0.3) is 11.8 Å². The van der Waals surface area contributed by atoms with E-state index in [2.05, 4.69) is 0 Å². The number of primary amides is 2. The Morgan fingerprint density at radius 2 is 1.22 bits per heavy atom. The topological polar surface area (TPSA) is 145 Å². The van der Waals surface area contributed by atoms with E-state index in [0.29, 0.717) is 25.7 Å². The summed E-state index contributed by atoms with van der Waals surface area (Å²) < 4.78 is 11.3. The van der Waals surface area contributed by atoms with Crippen molar-refractivity contribution in [1.29, 1.82) is 0 Å². The van der Waals surface area contributed by atoms with Gasteiger partial charge in [-0.25, -0.2) is 0 Å². The average molecular weight is 382 g/mol. The highest BCUT2D eigenvalue weighted by Crippen LogP contribution is 2.68. The Hall–Kier alpha value is -2.20. The van der Waals surface area contributed by atoms with Gasteiger partial charge in [-0.3, -0.25) is 29.0 Å². The van der Waals surface area contributed by atoms with Crippen LogP contribution in [0.2, 0.25) is 0 Å². The van der Waals surface area contributed by atoms with Crippen LogP contribution >= 0.6 is 0 Å². The Morgan fingerprint density at radius 3 is 1.48 bits per heavy atom. The van der Waals surface area contributed by atoms with Crippen LogP contribution in [-0.2, 0) is 28.7 Å². The highest BCUT2D eigenvalue weighted by molar-refractivity contribution is 5.99. The molecule has 0 aromatic rings. The lowest BCUT2D eigenvalue weighted by Crippen LogP contribution is -2.89. The average Bonchev–Trinajstić information content (AvgIpc) is 3.51. The number of nitrogens with zero attached hydrogens (tertiary/aromatic N) is 2. The first-order valence-electron chi connectivity index (χ1n) is 8.94. The molecule has 0 bridgehead atoms. The normalized spacial score (nSPS) is 32.4. The minimum absolute atomic E-state index is 0.0504. The second-order valence-electron chi connectivity index (χ2n) is 7.43. The maximum absolute atomic E-state index is 13.0. The van der Waals surface area contributed by atoms with Gasteiger partial charge in [0.05, 0.1) is 0 Å². The minimum atomic E-state index is -1.91. The summed E-state index contributed by atoms with van der Waals surface area (Å²) in [5.74, 6) is -2.72. The number of piperazine rings is 1. The van der Waals surface area contributed by atoms with E-state index in [1.54, 1.807) is 6.92 Å². The summed E-state index contributed by atoms with van der Waals surface area (Å²) >= 11 is 0. The molecule has 0 aromatic carbocycles. The second-order valence-corrected chi connectivity index (χ2v) is 7.43. The molecule has 2 saturated carbocycles. The molecule has 3 fully saturated rings. The van der Waals surface area contributed by atoms with Crippen LogP contribution in [0.4, 0.5) is 0 Å². The van der Waals surface area contributed by atoms with Gasteiger partial charge >= 0.3 is 0 Å². The highest BCUT2D eigenvalue weighted by Gasteiger charge is 2.88. The Morgan fingerprint density at radius 1 is 0.852 bits per heavy atom. The number of rotatable bonds is 5. The van der Waals surface area contributed by atoms with Crippen molar-refractivity contribution < 1.29 is 28.7 Å². The van der Waals surface area contributed by atoms with Crippen molar-refractivity contribution in [3.8, 4) is 0 Å². The van der Waals surface area contributed by atoms with Crippen molar-refractivity contribution in [1.82, 2.24) is 9.80 Å². The van der Waals surface area contributed by atoms with Crippen molar-refractivity contribution in [3.63, 3.8) is 0 Å². The SMILES string of the molecule is CCC(=O)N1C2(CC2)C(OC)(C(N)=O)N(C(C)=O)C2(CC2)C1(OC)C(N)=O. The molecule has 150 valence electrons. The molecule has 2 unspecified atom stereocenters. The van der Waals surface area contributed by atoms with Gasteiger partial charge in [-0.1, -0.05) is 6.92 Å². The first-order chi connectivity index (χ1) is 12.6. The summed E-state index contributed by atoms with van der Waals surface area (Å²) in [7, 11) is 2.55. The standard InChI is InChI=1S/C17H26N4O6/c1-5-11(23)21-15(8-9-15)16(26-3,12(18)24)20(10(2)22)14(6-7-14)17(21,27-4)13(19)25/h5-9H2,1-4H3,(H2,18,24)(H2,19,25). The predicted molar refractivity (Wildman–Crippen MR) is 91.5 cm³/mol. The molecule has 1 heterocycles. The van der Waals surface area contributed by atoms with Gasteiger partial charge in [-0.15, -0.1) is 0 Å². The zero-order valence-electron chi connectivity index (χ0n) is 16.0.